The smallest absolute Gasteiger partial charge is 0.308 e. The van der Waals surface area contributed by atoms with E-state index in [0.29, 0.717) is 12.0 Å². The van der Waals surface area contributed by atoms with Gasteiger partial charge in [0.1, 0.15) is 0 Å². The zero-order valence-corrected chi connectivity index (χ0v) is 11.6. The first kappa shape index (κ1) is 13.6. The van der Waals surface area contributed by atoms with E-state index >= 15 is 0 Å². The van der Waals surface area contributed by atoms with Gasteiger partial charge in [-0.3, -0.25) is 9.59 Å². The largest absolute Gasteiger partial charge is 0.481 e. The van der Waals surface area contributed by atoms with Crippen LogP contribution < -0.4 is 5.32 Å². The summed E-state index contributed by atoms with van der Waals surface area (Å²) in [6.45, 7) is 0. The predicted molar refractivity (Wildman–Crippen MR) is 80.2 cm³/mol. The third kappa shape index (κ3) is 2.75. The molecular weight excluding hydrogens is 266 g/mol. The van der Waals surface area contributed by atoms with Crippen molar-refractivity contribution in [3.05, 3.63) is 48.0 Å². The molecule has 4 heteroatoms. The van der Waals surface area contributed by atoms with Crippen molar-refractivity contribution >= 4 is 22.6 Å². The zero-order chi connectivity index (χ0) is 14.8. The van der Waals surface area contributed by atoms with Crippen LogP contribution in [0, 0.1) is 5.92 Å². The fraction of sp³-hybridized carbons (Fsp3) is 0.294. The molecule has 108 valence electrons. The molecule has 0 radical (unpaired) electrons. The summed E-state index contributed by atoms with van der Waals surface area (Å²) in [5.74, 6) is -1.48. The molecule has 2 aromatic carbocycles. The predicted octanol–water partition coefficient (Wildman–Crippen LogP) is 2.82. The highest BCUT2D eigenvalue weighted by Crippen LogP contribution is 2.26. The van der Waals surface area contributed by atoms with Crippen LogP contribution in [0.2, 0.25) is 0 Å². The number of hydrogen-bond donors (Lipinski definition) is 2. The van der Waals surface area contributed by atoms with Crippen LogP contribution in [0.5, 0.6) is 0 Å². The summed E-state index contributed by atoms with van der Waals surface area (Å²) in [5.41, 5.74) is 0.574. The Hall–Kier alpha value is -2.36. The Morgan fingerprint density at radius 2 is 1.81 bits per heavy atom. The van der Waals surface area contributed by atoms with Gasteiger partial charge in [-0.05, 0) is 35.7 Å². The first-order valence-corrected chi connectivity index (χ1v) is 7.17. The first-order valence-electron chi connectivity index (χ1n) is 7.17. The molecule has 0 spiro atoms. The number of carbonyl (C=O) groups is 2. The minimum Gasteiger partial charge on any atom is -0.481 e. The van der Waals surface area contributed by atoms with Gasteiger partial charge in [-0.2, -0.15) is 0 Å². The van der Waals surface area contributed by atoms with Gasteiger partial charge < -0.3 is 10.4 Å². The molecule has 0 saturated heterocycles. The summed E-state index contributed by atoms with van der Waals surface area (Å²) < 4.78 is 0. The maximum absolute atomic E-state index is 12.3. The lowest BCUT2D eigenvalue weighted by Gasteiger charge is -2.17. The fourth-order valence-corrected chi connectivity index (χ4v) is 3.01. The summed E-state index contributed by atoms with van der Waals surface area (Å²) >= 11 is 0. The Morgan fingerprint density at radius 3 is 2.57 bits per heavy atom. The molecule has 21 heavy (non-hydrogen) atoms. The highest BCUT2D eigenvalue weighted by molar-refractivity contribution is 5.98. The number of fused-ring (bicyclic) bond motifs is 1. The molecule has 1 saturated carbocycles. The topological polar surface area (TPSA) is 66.4 Å². The lowest BCUT2D eigenvalue weighted by molar-refractivity contribution is -0.142. The lowest BCUT2D eigenvalue weighted by Crippen LogP contribution is -2.40. The molecule has 2 aromatic rings. The Balaban J connectivity index is 1.79. The van der Waals surface area contributed by atoms with E-state index in [1.54, 1.807) is 6.07 Å². The summed E-state index contributed by atoms with van der Waals surface area (Å²) in [7, 11) is 0. The van der Waals surface area contributed by atoms with Crippen molar-refractivity contribution in [1.82, 2.24) is 5.32 Å². The molecule has 1 aliphatic carbocycles. The molecule has 1 fully saturated rings. The van der Waals surface area contributed by atoms with Crippen LogP contribution in [0.1, 0.15) is 29.6 Å². The molecule has 2 N–H and O–H groups in total. The van der Waals surface area contributed by atoms with Crippen molar-refractivity contribution < 1.29 is 14.7 Å². The number of aliphatic carboxylic acids is 1. The molecule has 2 unspecified atom stereocenters. The van der Waals surface area contributed by atoms with E-state index < -0.39 is 11.9 Å². The van der Waals surface area contributed by atoms with Crippen molar-refractivity contribution in [1.29, 1.82) is 0 Å². The Bertz CT molecular complexity index is 695. The van der Waals surface area contributed by atoms with Gasteiger partial charge in [0.05, 0.1) is 5.92 Å². The molecule has 2 atom stereocenters. The molecule has 1 amide bonds. The molecule has 0 heterocycles. The molecule has 0 aromatic heterocycles. The Kier molecular flexibility index (Phi) is 3.60. The molecule has 1 aliphatic rings. The van der Waals surface area contributed by atoms with Crippen LogP contribution in [0.4, 0.5) is 0 Å². The highest BCUT2D eigenvalue weighted by Gasteiger charge is 2.33. The minimum absolute atomic E-state index is 0.195. The van der Waals surface area contributed by atoms with E-state index in [9.17, 15) is 9.59 Å². The van der Waals surface area contributed by atoms with Crippen LogP contribution >= 0.6 is 0 Å². The van der Waals surface area contributed by atoms with Gasteiger partial charge in [-0.15, -0.1) is 0 Å². The molecule has 0 aliphatic heterocycles. The van der Waals surface area contributed by atoms with Crippen molar-refractivity contribution in [2.24, 2.45) is 5.92 Å². The summed E-state index contributed by atoms with van der Waals surface area (Å²) in [5, 5.41) is 14.1. The van der Waals surface area contributed by atoms with Crippen LogP contribution in [0.3, 0.4) is 0 Å². The van der Waals surface area contributed by atoms with E-state index in [2.05, 4.69) is 5.32 Å². The second kappa shape index (κ2) is 5.56. The van der Waals surface area contributed by atoms with E-state index in [1.165, 1.54) is 0 Å². The Labute approximate surface area is 122 Å². The van der Waals surface area contributed by atoms with Crippen LogP contribution in [-0.4, -0.2) is 23.0 Å². The summed E-state index contributed by atoms with van der Waals surface area (Å²) in [6.07, 6.45) is 2.22. The summed E-state index contributed by atoms with van der Waals surface area (Å²) in [4.78, 5) is 23.5. The van der Waals surface area contributed by atoms with Gasteiger partial charge in [-0.1, -0.05) is 36.8 Å². The molecule has 0 bridgehead atoms. The average molecular weight is 283 g/mol. The normalized spacial score (nSPS) is 21.3. The van der Waals surface area contributed by atoms with Gasteiger partial charge in [-0.25, -0.2) is 0 Å². The van der Waals surface area contributed by atoms with Crippen LogP contribution in [-0.2, 0) is 4.79 Å². The maximum atomic E-state index is 12.3. The number of carboxylic acid groups (broad SMARTS) is 1. The molecule has 3 rings (SSSR count). The fourth-order valence-electron chi connectivity index (χ4n) is 3.01. The molecular formula is C17H17NO3. The van der Waals surface area contributed by atoms with Crippen molar-refractivity contribution in [3.63, 3.8) is 0 Å². The van der Waals surface area contributed by atoms with E-state index in [4.69, 9.17) is 5.11 Å². The van der Waals surface area contributed by atoms with Gasteiger partial charge >= 0.3 is 5.97 Å². The van der Waals surface area contributed by atoms with Gasteiger partial charge in [0.15, 0.2) is 0 Å². The Morgan fingerprint density at radius 1 is 1.05 bits per heavy atom. The van der Waals surface area contributed by atoms with Crippen LogP contribution in [0.15, 0.2) is 42.5 Å². The number of rotatable bonds is 3. The average Bonchev–Trinajstić information content (AvgIpc) is 2.95. The zero-order valence-electron chi connectivity index (χ0n) is 11.6. The van der Waals surface area contributed by atoms with Crippen molar-refractivity contribution in [2.45, 2.75) is 25.3 Å². The van der Waals surface area contributed by atoms with E-state index in [1.807, 2.05) is 36.4 Å². The third-order valence-corrected chi connectivity index (χ3v) is 4.16. The maximum Gasteiger partial charge on any atom is 0.308 e. The summed E-state index contributed by atoms with van der Waals surface area (Å²) in [6, 6.07) is 13.1. The quantitative estimate of drug-likeness (QED) is 0.910. The van der Waals surface area contributed by atoms with E-state index in [-0.39, 0.29) is 11.9 Å². The van der Waals surface area contributed by atoms with Gasteiger partial charge in [0, 0.05) is 11.6 Å². The minimum atomic E-state index is -0.823. The van der Waals surface area contributed by atoms with E-state index in [0.717, 1.165) is 23.6 Å². The number of nitrogens with one attached hydrogen (secondary N) is 1. The van der Waals surface area contributed by atoms with Crippen molar-refractivity contribution in [2.75, 3.05) is 0 Å². The second-order valence-electron chi connectivity index (χ2n) is 5.52. The number of amides is 1. The number of hydrogen-bond acceptors (Lipinski definition) is 2. The molecule has 4 nitrogen and oxygen atoms in total. The first-order chi connectivity index (χ1) is 10.1. The van der Waals surface area contributed by atoms with Crippen molar-refractivity contribution in [3.8, 4) is 0 Å². The number of carbonyl (C=O) groups excluding carboxylic acids is 1. The monoisotopic (exact) mass is 283 g/mol. The number of carboxylic acids is 1. The highest BCUT2D eigenvalue weighted by atomic mass is 16.4. The third-order valence-electron chi connectivity index (χ3n) is 4.16. The van der Waals surface area contributed by atoms with Gasteiger partial charge in [0.2, 0.25) is 0 Å². The second-order valence-corrected chi connectivity index (χ2v) is 5.52. The number of benzene rings is 2. The van der Waals surface area contributed by atoms with Gasteiger partial charge in [0.25, 0.3) is 5.91 Å². The van der Waals surface area contributed by atoms with Crippen LogP contribution in [0.25, 0.3) is 10.8 Å². The lowest BCUT2D eigenvalue weighted by atomic mass is 10.0. The standard InChI is InChI=1S/C17H17NO3/c19-16(18-15-7-3-6-14(15)17(20)21)13-9-8-11-4-1-2-5-12(11)10-13/h1-2,4-5,8-10,14-15H,3,6-7H2,(H,18,19)(H,20,21). The SMILES string of the molecule is O=C(NC1CCCC1C(=O)O)c1ccc2ccccc2c1.